The first-order valence-electron chi connectivity index (χ1n) is 4.95. The topological polar surface area (TPSA) is 126 Å². The first-order chi connectivity index (χ1) is 8.17. The number of aromatic nitrogens is 3. The van der Waals surface area contributed by atoms with Crippen LogP contribution in [0.25, 0.3) is 0 Å². The quantitative estimate of drug-likeness (QED) is 0.193. The predicted molar refractivity (Wildman–Crippen MR) is 62.1 cm³/mol. The van der Waals surface area contributed by atoms with Crippen LogP contribution in [-0.4, -0.2) is 55.3 Å². The lowest BCUT2D eigenvalue weighted by molar-refractivity contribution is 0.0948. The van der Waals surface area contributed by atoms with Gasteiger partial charge in [-0.3, -0.25) is 14.9 Å². The molecule has 0 saturated heterocycles. The summed E-state index contributed by atoms with van der Waals surface area (Å²) in [6, 6.07) is 0. The van der Waals surface area contributed by atoms with E-state index in [9.17, 15) is 4.79 Å². The number of nitrogens with one attached hydrogen (secondary N) is 1. The molecule has 0 radical (unpaired) electrons. The summed E-state index contributed by atoms with van der Waals surface area (Å²) in [5, 5.41) is 25.1. The number of carbonyl (C=O) groups excluding carboxylic acids is 1. The number of nitrogens with two attached hydrogens (primary N) is 1. The number of nitrogen functional groups attached to an aromatic ring is 1. The van der Waals surface area contributed by atoms with Crippen LogP contribution in [0.3, 0.4) is 0 Å². The standard InChI is InChI=1S/C8H15N5O3S/c9-10-8(16)7-3-13(12-11-7)1-2-17-5-6(15)4-14/h3,6,14-15H,1-2,4-5,9H2,(H,10,16). The van der Waals surface area contributed by atoms with Gasteiger partial charge in [0, 0.05) is 11.5 Å². The number of rotatable bonds is 7. The van der Waals surface area contributed by atoms with Crippen LogP contribution in [0.4, 0.5) is 0 Å². The molecule has 1 aromatic rings. The van der Waals surface area contributed by atoms with Gasteiger partial charge >= 0.3 is 0 Å². The Morgan fingerprint density at radius 3 is 3.12 bits per heavy atom. The van der Waals surface area contributed by atoms with E-state index in [1.165, 1.54) is 22.6 Å². The average Bonchev–Trinajstić information content (AvgIpc) is 2.82. The summed E-state index contributed by atoms with van der Waals surface area (Å²) >= 11 is 1.48. The minimum atomic E-state index is -0.700. The van der Waals surface area contributed by atoms with Gasteiger partial charge in [0.05, 0.1) is 25.5 Å². The second kappa shape index (κ2) is 7.22. The van der Waals surface area contributed by atoms with Gasteiger partial charge < -0.3 is 10.2 Å². The molecular weight excluding hydrogens is 246 g/mol. The lowest BCUT2D eigenvalue weighted by Gasteiger charge is -2.05. The van der Waals surface area contributed by atoms with Gasteiger partial charge in [-0.2, -0.15) is 11.8 Å². The fourth-order valence-corrected chi connectivity index (χ4v) is 1.88. The van der Waals surface area contributed by atoms with Crippen molar-refractivity contribution in [2.45, 2.75) is 12.6 Å². The fourth-order valence-electron chi connectivity index (χ4n) is 1.02. The molecule has 0 aliphatic carbocycles. The number of thioether (sulfide) groups is 1. The Balaban J connectivity index is 2.28. The lowest BCUT2D eigenvalue weighted by atomic mass is 10.4. The van der Waals surface area contributed by atoms with Crippen LogP contribution in [0.5, 0.6) is 0 Å². The second-order valence-electron chi connectivity index (χ2n) is 3.25. The van der Waals surface area contributed by atoms with E-state index >= 15 is 0 Å². The summed E-state index contributed by atoms with van der Waals surface area (Å²) in [5.41, 5.74) is 2.12. The van der Waals surface area contributed by atoms with Crippen molar-refractivity contribution in [3.8, 4) is 0 Å². The van der Waals surface area contributed by atoms with Gasteiger partial charge in [0.25, 0.3) is 5.91 Å². The van der Waals surface area contributed by atoms with Gasteiger partial charge in [-0.1, -0.05) is 5.21 Å². The first-order valence-corrected chi connectivity index (χ1v) is 6.10. The minimum absolute atomic E-state index is 0.160. The Kier molecular flexibility index (Phi) is 5.91. The van der Waals surface area contributed by atoms with Gasteiger partial charge in [-0.05, 0) is 0 Å². The largest absolute Gasteiger partial charge is 0.394 e. The molecule has 0 bridgehead atoms. The average molecular weight is 261 g/mol. The van der Waals surface area contributed by atoms with E-state index in [-0.39, 0.29) is 12.3 Å². The number of amides is 1. The molecule has 0 aromatic carbocycles. The van der Waals surface area contributed by atoms with E-state index in [1.807, 2.05) is 5.43 Å². The number of aryl methyl sites for hydroxylation is 1. The molecule has 1 rings (SSSR count). The van der Waals surface area contributed by atoms with Crippen molar-refractivity contribution < 1.29 is 15.0 Å². The van der Waals surface area contributed by atoms with E-state index in [0.717, 1.165) is 0 Å². The van der Waals surface area contributed by atoms with Crippen molar-refractivity contribution in [2.75, 3.05) is 18.1 Å². The summed E-state index contributed by atoms with van der Waals surface area (Å²) < 4.78 is 1.52. The number of carbonyl (C=O) groups is 1. The number of hydrogen-bond acceptors (Lipinski definition) is 7. The maximum Gasteiger partial charge on any atom is 0.287 e. The van der Waals surface area contributed by atoms with E-state index in [0.29, 0.717) is 18.1 Å². The van der Waals surface area contributed by atoms with Crippen LogP contribution in [0.15, 0.2) is 6.20 Å². The van der Waals surface area contributed by atoms with Crippen molar-refractivity contribution in [1.82, 2.24) is 20.4 Å². The number of nitrogens with zero attached hydrogens (tertiary/aromatic N) is 3. The van der Waals surface area contributed by atoms with E-state index in [2.05, 4.69) is 10.3 Å². The maximum absolute atomic E-state index is 11.1. The molecule has 0 aliphatic rings. The number of aliphatic hydroxyl groups is 2. The van der Waals surface area contributed by atoms with Crippen LogP contribution in [0.1, 0.15) is 10.5 Å². The predicted octanol–water partition coefficient (Wildman–Crippen LogP) is -2.03. The molecule has 1 atom stereocenters. The summed E-state index contributed by atoms with van der Waals surface area (Å²) in [4.78, 5) is 11.1. The third kappa shape index (κ3) is 4.69. The molecule has 1 unspecified atom stereocenters. The first kappa shape index (κ1) is 13.9. The molecular formula is C8H15N5O3S. The number of hydrogen-bond donors (Lipinski definition) is 4. The number of hydrazine groups is 1. The van der Waals surface area contributed by atoms with E-state index in [1.54, 1.807) is 0 Å². The zero-order valence-electron chi connectivity index (χ0n) is 9.11. The van der Waals surface area contributed by atoms with E-state index < -0.39 is 12.0 Å². The minimum Gasteiger partial charge on any atom is -0.394 e. The highest BCUT2D eigenvalue weighted by atomic mass is 32.2. The molecule has 1 amide bonds. The number of aliphatic hydroxyl groups excluding tert-OH is 2. The molecule has 5 N–H and O–H groups in total. The summed E-state index contributed by atoms with van der Waals surface area (Å²) in [7, 11) is 0. The van der Waals surface area contributed by atoms with Gasteiger partial charge in [0.2, 0.25) is 0 Å². The van der Waals surface area contributed by atoms with Crippen molar-refractivity contribution >= 4 is 17.7 Å². The van der Waals surface area contributed by atoms with Gasteiger partial charge in [0.1, 0.15) is 0 Å². The Morgan fingerprint density at radius 2 is 2.47 bits per heavy atom. The van der Waals surface area contributed by atoms with Gasteiger partial charge in [-0.15, -0.1) is 5.10 Å². The highest BCUT2D eigenvalue weighted by Crippen LogP contribution is 2.04. The molecule has 1 heterocycles. The zero-order valence-corrected chi connectivity index (χ0v) is 9.93. The molecule has 0 aliphatic heterocycles. The van der Waals surface area contributed by atoms with Crippen LogP contribution >= 0.6 is 11.8 Å². The SMILES string of the molecule is NNC(=O)c1cn(CCSCC(O)CO)nn1. The van der Waals surface area contributed by atoms with Crippen LogP contribution in [0.2, 0.25) is 0 Å². The fraction of sp³-hybridized carbons (Fsp3) is 0.625. The van der Waals surface area contributed by atoms with Crippen molar-refractivity contribution in [3.63, 3.8) is 0 Å². The highest BCUT2D eigenvalue weighted by molar-refractivity contribution is 7.99. The van der Waals surface area contributed by atoms with Crippen LogP contribution in [-0.2, 0) is 6.54 Å². The monoisotopic (exact) mass is 261 g/mol. The maximum atomic E-state index is 11.1. The second-order valence-corrected chi connectivity index (χ2v) is 4.40. The summed E-state index contributed by atoms with van der Waals surface area (Å²) in [5.74, 6) is 5.62. The lowest BCUT2D eigenvalue weighted by Crippen LogP contribution is -2.30. The molecule has 0 fully saturated rings. The molecule has 0 saturated carbocycles. The van der Waals surface area contributed by atoms with Crippen molar-refractivity contribution in [3.05, 3.63) is 11.9 Å². The molecule has 1 aromatic heterocycles. The van der Waals surface area contributed by atoms with E-state index in [4.69, 9.17) is 16.1 Å². The highest BCUT2D eigenvalue weighted by Gasteiger charge is 2.08. The molecule has 9 heteroatoms. The summed E-state index contributed by atoms with van der Waals surface area (Å²) in [6.07, 6.45) is 0.792. The Labute approximate surface area is 102 Å². The Morgan fingerprint density at radius 1 is 1.71 bits per heavy atom. The Bertz CT molecular complexity index is 359. The van der Waals surface area contributed by atoms with Crippen molar-refractivity contribution in [2.24, 2.45) is 5.84 Å². The molecule has 96 valence electrons. The van der Waals surface area contributed by atoms with Crippen LogP contribution in [0, 0.1) is 0 Å². The molecule has 0 spiro atoms. The molecule has 8 nitrogen and oxygen atoms in total. The smallest absolute Gasteiger partial charge is 0.287 e. The van der Waals surface area contributed by atoms with Gasteiger partial charge in [-0.25, -0.2) is 5.84 Å². The molecule has 17 heavy (non-hydrogen) atoms. The van der Waals surface area contributed by atoms with Crippen LogP contribution < -0.4 is 11.3 Å². The van der Waals surface area contributed by atoms with Crippen molar-refractivity contribution in [1.29, 1.82) is 0 Å². The van der Waals surface area contributed by atoms with Gasteiger partial charge in [0.15, 0.2) is 5.69 Å². The summed E-state index contributed by atoms with van der Waals surface area (Å²) in [6.45, 7) is 0.324. The third-order valence-corrected chi connectivity index (χ3v) is 2.98. The normalized spacial score (nSPS) is 12.4. The third-order valence-electron chi connectivity index (χ3n) is 1.89. The Hall–Kier alpha value is -1.16. The zero-order chi connectivity index (χ0) is 12.7.